The van der Waals surface area contributed by atoms with Gasteiger partial charge in [0.1, 0.15) is 18.1 Å². The number of nitrogens with zero attached hydrogens (tertiary/aromatic N) is 1. The van der Waals surface area contributed by atoms with E-state index >= 15 is 0 Å². The first-order chi connectivity index (χ1) is 9.02. The summed E-state index contributed by atoms with van der Waals surface area (Å²) in [6.45, 7) is 1.30. The van der Waals surface area contributed by atoms with E-state index < -0.39 is 5.97 Å². The predicted molar refractivity (Wildman–Crippen MR) is 73.7 cm³/mol. The molecule has 0 saturated heterocycles. The van der Waals surface area contributed by atoms with Crippen molar-refractivity contribution in [1.82, 2.24) is 4.90 Å². The molecule has 0 aliphatic rings. The Morgan fingerprint density at radius 1 is 1.42 bits per heavy atom. The third-order valence-electron chi connectivity index (χ3n) is 2.42. The van der Waals surface area contributed by atoms with Gasteiger partial charge in [0, 0.05) is 24.3 Å². The van der Waals surface area contributed by atoms with Crippen molar-refractivity contribution < 1.29 is 19.4 Å². The van der Waals surface area contributed by atoms with Crippen LogP contribution in [0.15, 0.2) is 24.3 Å². The van der Waals surface area contributed by atoms with Crippen molar-refractivity contribution in [2.24, 2.45) is 0 Å². The molecule has 5 nitrogen and oxygen atoms in total. The Morgan fingerprint density at radius 2 is 2.16 bits per heavy atom. The molecule has 0 aliphatic heterocycles. The summed E-state index contributed by atoms with van der Waals surface area (Å²) in [5.41, 5.74) is 0.710. The molecule has 0 saturated carbocycles. The van der Waals surface area contributed by atoms with Gasteiger partial charge < -0.3 is 19.5 Å². The lowest BCUT2D eigenvalue weighted by molar-refractivity contribution is -0.131. The van der Waals surface area contributed by atoms with E-state index in [0.29, 0.717) is 23.7 Å². The molecule has 0 atom stereocenters. The van der Waals surface area contributed by atoms with Crippen molar-refractivity contribution in [1.29, 1.82) is 0 Å². The van der Waals surface area contributed by atoms with Gasteiger partial charge in [-0.3, -0.25) is 0 Å². The van der Waals surface area contributed by atoms with Crippen LogP contribution in [-0.4, -0.2) is 50.3 Å². The normalized spacial score (nSPS) is 10.9. The van der Waals surface area contributed by atoms with E-state index in [-0.39, 0.29) is 0 Å². The number of rotatable bonds is 7. The molecule has 1 N–H and O–H groups in total. The first-order valence-electron chi connectivity index (χ1n) is 5.89. The molecule has 0 radical (unpaired) electrons. The zero-order valence-electron chi connectivity index (χ0n) is 11.4. The number of likely N-dealkylation sites (N-methyl/N-ethyl adjacent to an activating group) is 1. The van der Waals surface area contributed by atoms with Gasteiger partial charge in [0.05, 0.1) is 7.11 Å². The average Bonchev–Trinajstić information content (AvgIpc) is 2.36. The maximum absolute atomic E-state index is 10.6. The second-order valence-corrected chi connectivity index (χ2v) is 4.23. The molecule has 0 unspecified atom stereocenters. The van der Waals surface area contributed by atoms with E-state index in [1.165, 1.54) is 6.08 Å². The number of ether oxygens (including phenoxy) is 2. The van der Waals surface area contributed by atoms with Crippen LogP contribution in [0.2, 0.25) is 0 Å². The number of hydrogen-bond donors (Lipinski definition) is 1. The standard InChI is InChI=1S/C14H19NO4/c1-15(2)8-9-19-13-10-12(18-3)6-4-11(13)5-7-14(16)17/h4-7,10H,8-9H2,1-3H3,(H,16,17). The van der Waals surface area contributed by atoms with Crippen molar-refractivity contribution in [3.05, 3.63) is 29.8 Å². The summed E-state index contributed by atoms with van der Waals surface area (Å²) in [5, 5.41) is 8.66. The maximum atomic E-state index is 10.6. The summed E-state index contributed by atoms with van der Waals surface area (Å²) in [4.78, 5) is 12.6. The monoisotopic (exact) mass is 265 g/mol. The molecule has 19 heavy (non-hydrogen) atoms. The van der Waals surface area contributed by atoms with Crippen molar-refractivity contribution >= 4 is 12.0 Å². The van der Waals surface area contributed by atoms with Crippen LogP contribution in [-0.2, 0) is 4.79 Å². The Bertz CT molecular complexity index is 455. The van der Waals surface area contributed by atoms with Gasteiger partial charge in [-0.25, -0.2) is 4.79 Å². The highest BCUT2D eigenvalue weighted by atomic mass is 16.5. The largest absolute Gasteiger partial charge is 0.497 e. The van der Waals surface area contributed by atoms with Gasteiger partial charge in [-0.2, -0.15) is 0 Å². The summed E-state index contributed by atoms with van der Waals surface area (Å²) in [5.74, 6) is 0.293. The van der Waals surface area contributed by atoms with Crippen LogP contribution in [0.4, 0.5) is 0 Å². The lowest BCUT2D eigenvalue weighted by atomic mass is 10.1. The first-order valence-corrected chi connectivity index (χ1v) is 5.89. The number of aliphatic carboxylic acids is 1. The lowest BCUT2D eigenvalue weighted by Gasteiger charge is -2.13. The number of benzene rings is 1. The Balaban J connectivity index is 2.86. The maximum Gasteiger partial charge on any atom is 0.328 e. The van der Waals surface area contributed by atoms with Crippen LogP contribution in [0, 0.1) is 0 Å². The summed E-state index contributed by atoms with van der Waals surface area (Å²) in [7, 11) is 5.49. The third-order valence-corrected chi connectivity index (χ3v) is 2.42. The predicted octanol–water partition coefficient (Wildman–Crippen LogP) is 1.73. The molecule has 0 bridgehead atoms. The van der Waals surface area contributed by atoms with Gasteiger partial charge in [0.2, 0.25) is 0 Å². The minimum absolute atomic E-state index is 0.522. The quantitative estimate of drug-likeness (QED) is 0.761. The molecule has 104 valence electrons. The smallest absolute Gasteiger partial charge is 0.328 e. The zero-order chi connectivity index (χ0) is 14.3. The molecule has 0 fully saturated rings. The second-order valence-electron chi connectivity index (χ2n) is 4.23. The Hall–Kier alpha value is -2.01. The molecule has 0 spiro atoms. The number of methoxy groups -OCH3 is 1. The number of hydrogen-bond acceptors (Lipinski definition) is 4. The van der Waals surface area contributed by atoms with E-state index in [0.717, 1.165) is 12.6 Å². The number of carboxylic acid groups (broad SMARTS) is 1. The molecular weight excluding hydrogens is 246 g/mol. The molecule has 1 aromatic rings. The van der Waals surface area contributed by atoms with Gasteiger partial charge in [-0.15, -0.1) is 0 Å². The number of carbonyl (C=O) groups is 1. The lowest BCUT2D eigenvalue weighted by Crippen LogP contribution is -2.19. The summed E-state index contributed by atoms with van der Waals surface area (Å²) < 4.78 is 10.8. The molecule has 5 heteroatoms. The average molecular weight is 265 g/mol. The van der Waals surface area contributed by atoms with Gasteiger partial charge in [0.25, 0.3) is 0 Å². The van der Waals surface area contributed by atoms with Crippen LogP contribution in [0.25, 0.3) is 6.08 Å². The van der Waals surface area contributed by atoms with Crippen molar-refractivity contribution in [3.8, 4) is 11.5 Å². The van der Waals surface area contributed by atoms with Gasteiger partial charge in [-0.1, -0.05) is 0 Å². The van der Waals surface area contributed by atoms with Crippen LogP contribution >= 0.6 is 0 Å². The molecule has 0 aromatic heterocycles. The fraction of sp³-hybridized carbons (Fsp3) is 0.357. The SMILES string of the molecule is COc1ccc(C=CC(=O)O)c(OCCN(C)C)c1. The molecule has 0 heterocycles. The molecular formula is C14H19NO4. The highest BCUT2D eigenvalue weighted by Gasteiger charge is 2.04. The summed E-state index contributed by atoms with van der Waals surface area (Å²) in [6, 6.07) is 5.28. The van der Waals surface area contributed by atoms with Gasteiger partial charge in [0.15, 0.2) is 0 Å². The topological polar surface area (TPSA) is 59.0 Å². The van der Waals surface area contributed by atoms with Gasteiger partial charge in [-0.05, 0) is 32.3 Å². The first kappa shape index (κ1) is 15.0. The minimum atomic E-state index is -0.991. The van der Waals surface area contributed by atoms with Crippen LogP contribution < -0.4 is 9.47 Å². The Labute approximate surface area is 113 Å². The molecule has 0 amide bonds. The zero-order valence-corrected chi connectivity index (χ0v) is 11.4. The van der Waals surface area contributed by atoms with E-state index in [9.17, 15) is 4.79 Å². The summed E-state index contributed by atoms with van der Waals surface area (Å²) in [6.07, 6.45) is 2.59. The molecule has 1 aromatic carbocycles. The fourth-order valence-electron chi connectivity index (χ4n) is 1.40. The van der Waals surface area contributed by atoms with Crippen molar-refractivity contribution in [3.63, 3.8) is 0 Å². The van der Waals surface area contributed by atoms with Gasteiger partial charge >= 0.3 is 5.97 Å². The van der Waals surface area contributed by atoms with Crippen LogP contribution in [0.5, 0.6) is 11.5 Å². The Morgan fingerprint density at radius 3 is 2.74 bits per heavy atom. The van der Waals surface area contributed by atoms with E-state index in [1.54, 1.807) is 25.3 Å². The van der Waals surface area contributed by atoms with E-state index in [4.69, 9.17) is 14.6 Å². The fourth-order valence-corrected chi connectivity index (χ4v) is 1.40. The third kappa shape index (κ3) is 5.44. The van der Waals surface area contributed by atoms with E-state index in [1.807, 2.05) is 19.0 Å². The highest BCUT2D eigenvalue weighted by Crippen LogP contribution is 2.26. The van der Waals surface area contributed by atoms with Crippen LogP contribution in [0.3, 0.4) is 0 Å². The minimum Gasteiger partial charge on any atom is -0.497 e. The Kier molecular flexibility index (Phi) is 5.89. The number of carboxylic acids is 1. The second kappa shape index (κ2) is 7.43. The van der Waals surface area contributed by atoms with Crippen LogP contribution in [0.1, 0.15) is 5.56 Å². The summed E-state index contributed by atoms with van der Waals surface area (Å²) >= 11 is 0. The van der Waals surface area contributed by atoms with E-state index in [2.05, 4.69) is 0 Å². The highest BCUT2D eigenvalue weighted by molar-refractivity contribution is 5.86. The molecule has 0 aliphatic carbocycles. The van der Waals surface area contributed by atoms with Crippen molar-refractivity contribution in [2.75, 3.05) is 34.4 Å². The van der Waals surface area contributed by atoms with Crippen molar-refractivity contribution in [2.45, 2.75) is 0 Å². The molecule has 1 rings (SSSR count).